The van der Waals surface area contributed by atoms with Gasteiger partial charge in [-0.25, -0.2) is 4.39 Å². The van der Waals surface area contributed by atoms with Gasteiger partial charge in [0.2, 0.25) is 0 Å². The van der Waals surface area contributed by atoms with Crippen molar-refractivity contribution in [2.45, 2.75) is 13.8 Å². The second kappa shape index (κ2) is 8.92. The predicted molar refractivity (Wildman–Crippen MR) is 123 cm³/mol. The zero-order valence-electron chi connectivity index (χ0n) is 17.5. The molecule has 3 aromatic rings. The fourth-order valence-electron chi connectivity index (χ4n) is 3.42. The molecule has 0 bridgehead atoms. The average Bonchev–Trinajstić information content (AvgIpc) is 3.02. The number of nitrogens with zero attached hydrogens (tertiary/aromatic N) is 2. The van der Waals surface area contributed by atoms with E-state index in [0.29, 0.717) is 11.3 Å². The van der Waals surface area contributed by atoms with Crippen molar-refractivity contribution in [3.05, 3.63) is 81.6 Å². The second-order valence-electron chi connectivity index (χ2n) is 7.43. The highest BCUT2D eigenvalue weighted by Gasteiger charge is 2.34. The fraction of sp³-hybridized carbons (Fsp3) is 0.167. The molecule has 1 N–H and O–H groups in total. The minimum atomic E-state index is -0.503. The van der Waals surface area contributed by atoms with Crippen LogP contribution < -0.4 is 5.32 Å². The van der Waals surface area contributed by atoms with Gasteiger partial charge in [-0.15, -0.1) is 0 Å². The van der Waals surface area contributed by atoms with E-state index in [4.69, 9.17) is 0 Å². The van der Waals surface area contributed by atoms with Gasteiger partial charge in [-0.3, -0.25) is 24.3 Å². The van der Waals surface area contributed by atoms with Gasteiger partial charge in [0, 0.05) is 24.0 Å². The minimum absolute atomic E-state index is 0.0180. The van der Waals surface area contributed by atoms with Crippen LogP contribution in [0.4, 0.5) is 9.18 Å². The summed E-state index contributed by atoms with van der Waals surface area (Å²) in [4.78, 5) is 43.2. The lowest BCUT2D eigenvalue weighted by Crippen LogP contribution is -2.37. The maximum absolute atomic E-state index is 13.9. The number of pyridine rings is 1. The molecule has 32 heavy (non-hydrogen) atoms. The number of nitrogens with one attached hydrogen (secondary N) is 1. The number of hydrogen-bond donors (Lipinski definition) is 1. The van der Waals surface area contributed by atoms with Crippen molar-refractivity contribution in [2.75, 3.05) is 13.1 Å². The van der Waals surface area contributed by atoms with Gasteiger partial charge in [0.05, 0.1) is 21.7 Å². The molecule has 0 aliphatic carbocycles. The number of fused-ring (bicyclic) bond motifs is 1. The zero-order chi connectivity index (χ0) is 22.8. The van der Waals surface area contributed by atoms with Gasteiger partial charge in [-0.2, -0.15) is 0 Å². The van der Waals surface area contributed by atoms with Gasteiger partial charge >= 0.3 is 0 Å². The summed E-state index contributed by atoms with van der Waals surface area (Å²) in [5, 5.41) is 3.16. The van der Waals surface area contributed by atoms with E-state index in [1.807, 2.05) is 25.1 Å². The molecule has 1 aliphatic heterocycles. The lowest BCUT2D eigenvalue weighted by atomic mass is 10.1. The number of aryl methyl sites for hydroxylation is 2. The van der Waals surface area contributed by atoms with E-state index in [2.05, 4.69) is 10.3 Å². The van der Waals surface area contributed by atoms with Gasteiger partial charge in [-0.1, -0.05) is 29.8 Å². The van der Waals surface area contributed by atoms with Crippen LogP contribution in [0.5, 0.6) is 0 Å². The molecule has 0 spiro atoms. The molecule has 0 radical (unpaired) electrons. The van der Waals surface area contributed by atoms with Crippen molar-refractivity contribution in [1.29, 1.82) is 0 Å². The van der Waals surface area contributed by atoms with Crippen LogP contribution in [0.15, 0.2) is 53.4 Å². The van der Waals surface area contributed by atoms with Crippen molar-refractivity contribution >= 4 is 45.8 Å². The summed E-state index contributed by atoms with van der Waals surface area (Å²) < 4.78 is 13.9. The third-order valence-electron chi connectivity index (χ3n) is 5.09. The zero-order valence-corrected chi connectivity index (χ0v) is 18.3. The van der Waals surface area contributed by atoms with Crippen LogP contribution in [0.3, 0.4) is 0 Å². The van der Waals surface area contributed by atoms with E-state index in [0.717, 1.165) is 33.1 Å². The average molecular weight is 450 g/mol. The van der Waals surface area contributed by atoms with Crippen LogP contribution in [-0.2, 0) is 4.79 Å². The molecule has 1 saturated heterocycles. The Morgan fingerprint density at radius 2 is 1.94 bits per heavy atom. The maximum Gasteiger partial charge on any atom is 0.293 e. The van der Waals surface area contributed by atoms with E-state index in [1.165, 1.54) is 18.2 Å². The number of carbonyl (C=O) groups is 3. The molecular formula is C24H20FN3O3S. The van der Waals surface area contributed by atoms with Gasteiger partial charge in [-0.05, 0) is 56.0 Å². The number of aromatic nitrogens is 1. The van der Waals surface area contributed by atoms with Crippen LogP contribution in [0.2, 0.25) is 0 Å². The molecule has 3 amide bonds. The number of benzene rings is 2. The summed E-state index contributed by atoms with van der Waals surface area (Å²) in [6.07, 6.45) is 1.37. The van der Waals surface area contributed by atoms with Crippen molar-refractivity contribution in [3.63, 3.8) is 0 Å². The predicted octanol–water partition coefficient (Wildman–Crippen LogP) is 4.46. The van der Waals surface area contributed by atoms with E-state index < -0.39 is 17.0 Å². The van der Waals surface area contributed by atoms with Gasteiger partial charge in [0.1, 0.15) is 5.82 Å². The molecule has 4 rings (SSSR count). The Labute approximate surface area is 188 Å². The quantitative estimate of drug-likeness (QED) is 0.582. The number of hydrogen-bond acceptors (Lipinski definition) is 5. The van der Waals surface area contributed by atoms with Crippen molar-refractivity contribution < 1.29 is 18.8 Å². The summed E-state index contributed by atoms with van der Waals surface area (Å²) in [7, 11) is 0. The maximum atomic E-state index is 13.9. The normalized spacial score (nSPS) is 15.1. The van der Waals surface area contributed by atoms with Gasteiger partial charge < -0.3 is 5.32 Å². The summed E-state index contributed by atoms with van der Waals surface area (Å²) in [5.74, 6) is -1.30. The molecular weight excluding hydrogens is 429 g/mol. The number of rotatable bonds is 5. The summed E-state index contributed by atoms with van der Waals surface area (Å²) >= 11 is 0.755. The Hall–Kier alpha value is -3.52. The van der Waals surface area contributed by atoms with Crippen LogP contribution in [0, 0.1) is 19.7 Å². The summed E-state index contributed by atoms with van der Waals surface area (Å²) in [6.45, 7) is 3.84. The smallest absolute Gasteiger partial charge is 0.293 e. The molecule has 1 fully saturated rings. The van der Waals surface area contributed by atoms with E-state index in [-0.39, 0.29) is 29.5 Å². The summed E-state index contributed by atoms with van der Waals surface area (Å²) in [6, 6.07) is 13.6. The lowest BCUT2D eigenvalue weighted by Gasteiger charge is -2.14. The standard InChI is InChI=1S/C24H20FN3O3S/c1-14-7-8-20-17(11-14)12-18(15(2)27-20)22(29)26-9-10-28-23(30)21(32-24(28)31)13-16-5-3-4-6-19(16)25/h3-8,11-13H,9-10H2,1-2H3,(H,26,29)/b21-13-. The third kappa shape index (κ3) is 4.40. The first-order valence-corrected chi connectivity index (χ1v) is 10.8. The van der Waals surface area contributed by atoms with Crippen molar-refractivity contribution in [3.8, 4) is 0 Å². The highest BCUT2D eigenvalue weighted by atomic mass is 32.2. The van der Waals surface area contributed by atoms with Crippen molar-refractivity contribution in [1.82, 2.24) is 15.2 Å². The molecule has 162 valence electrons. The Morgan fingerprint density at radius 3 is 2.72 bits per heavy atom. The number of imide groups is 1. The Kier molecular flexibility index (Phi) is 6.05. The first-order chi connectivity index (χ1) is 15.3. The number of thioether (sulfide) groups is 1. The van der Waals surface area contributed by atoms with Crippen LogP contribution in [0.1, 0.15) is 27.2 Å². The van der Waals surface area contributed by atoms with Gasteiger partial charge in [0.15, 0.2) is 0 Å². The Morgan fingerprint density at radius 1 is 1.16 bits per heavy atom. The minimum Gasteiger partial charge on any atom is -0.350 e. The Bertz CT molecular complexity index is 1290. The third-order valence-corrected chi connectivity index (χ3v) is 6.00. The van der Waals surface area contributed by atoms with Crippen molar-refractivity contribution in [2.24, 2.45) is 0 Å². The highest BCUT2D eigenvalue weighted by Crippen LogP contribution is 2.32. The number of halogens is 1. The molecule has 8 heteroatoms. The molecule has 1 aliphatic rings. The first kappa shape index (κ1) is 21.7. The molecule has 1 aromatic heterocycles. The molecule has 0 atom stereocenters. The van der Waals surface area contributed by atoms with E-state index in [1.54, 1.807) is 25.1 Å². The van der Waals surface area contributed by atoms with Crippen LogP contribution >= 0.6 is 11.8 Å². The SMILES string of the molecule is Cc1ccc2nc(C)c(C(=O)NCCN3C(=O)S/C(=C\c4ccccc4F)C3=O)cc2c1. The topological polar surface area (TPSA) is 79.4 Å². The largest absolute Gasteiger partial charge is 0.350 e. The molecule has 0 saturated carbocycles. The van der Waals surface area contributed by atoms with E-state index >= 15 is 0 Å². The molecule has 2 aromatic carbocycles. The van der Waals surface area contributed by atoms with E-state index in [9.17, 15) is 18.8 Å². The number of carbonyl (C=O) groups excluding carboxylic acids is 3. The number of amides is 3. The molecule has 6 nitrogen and oxygen atoms in total. The van der Waals surface area contributed by atoms with Crippen LogP contribution in [-0.4, -0.2) is 40.0 Å². The first-order valence-electron chi connectivity index (χ1n) is 9.99. The molecule has 2 heterocycles. The second-order valence-corrected chi connectivity index (χ2v) is 8.42. The monoisotopic (exact) mass is 449 g/mol. The summed E-state index contributed by atoms with van der Waals surface area (Å²) in [5.41, 5.74) is 3.15. The fourth-order valence-corrected chi connectivity index (χ4v) is 4.28. The Balaban J connectivity index is 1.42. The van der Waals surface area contributed by atoms with Gasteiger partial charge in [0.25, 0.3) is 17.1 Å². The lowest BCUT2D eigenvalue weighted by molar-refractivity contribution is -0.122. The molecule has 0 unspecified atom stereocenters. The van der Waals surface area contributed by atoms with Crippen LogP contribution in [0.25, 0.3) is 17.0 Å². The highest BCUT2D eigenvalue weighted by molar-refractivity contribution is 8.18.